The Morgan fingerprint density at radius 3 is 2.93 bits per heavy atom. The standard InChI is InChI=1S/C12H15NO/c13-11-7-12(11)5-1-2-8-3-4-9(14)6-10(8)12/h3-4,6,11,14H,1-2,5,7,13H2. The van der Waals surface area contributed by atoms with E-state index in [2.05, 4.69) is 6.07 Å². The van der Waals surface area contributed by atoms with Gasteiger partial charge in [-0.2, -0.15) is 0 Å². The Morgan fingerprint density at radius 2 is 2.21 bits per heavy atom. The molecule has 3 N–H and O–H groups in total. The van der Waals surface area contributed by atoms with Crippen molar-refractivity contribution >= 4 is 0 Å². The lowest BCUT2D eigenvalue weighted by Crippen LogP contribution is -2.23. The van der Waals surface area contributed by atoms with E-state index in [0.717, 1.165) is 12.8 Å². The highest BCUT2D eigenvalue weighted by atomic mass is 16.3. The SMILES string of the molecule is NC1CC12CCCc1ccc(O)cc12. The van der Waals surface area contributed by atoms with Gasteiger partial charge in [0.1, 0.15) is 5.75 Å². The fourth-order valence-corrected chi connectivity index (χ4v) is 2.91. The van der Waals surface area contributed by atoms with Crippen molar-refractivity contribution in [1.29, 1.82) is 0 Å². The van der Waals surface area contributed by atoms with E-state index >= 15 is 0 Å². The Morgan fingerprint density at radius 1 is 1.43 bits per heavy atom. The van der Waals surface area contributed by atoms with Crippen LogP contribution in [-0.2, 0) is 11.8 Å². The van der Waals surface area contributed by atoms with Crippen LogP contribution in [0.4, 0.5) is 0 Å². The number of aryl methyl sites for hydroxylation is 1. The van der Waals surface area contributed by atoms with Gasteiger partial charge in [0.2, 0.25) is 0 Å². The van der Waals surface area contributed by atoms with E-state index in [1.54, 1.807) is 6.07 Å². The number of phenols is 1. The third-order valence-corrected chi connectivity index (χ3v) is 3.83. The van der Waals surface area contributed by atoms with Crippen molar-refractivity contribution in [3.63, 3.8) is 0 Å². The first-order valence-corrected chi connectivity index (χ1v) is 5.30. The second-order valence-corrected chi connectivity index (χ2v) is 4.66. The molecule has 2 nitrogen and oxygen atoms in total. The van der Waals surface area contributed by atoms with Crippen LogP contribution in [0.1, 0.15) is 30.4 Å². The van der Waals surface area contributed by atoms with E-state index in [0.29, 0.717) is 11.8 Å². The molecule has 2 unspecified atom stereocenters. The number of aromatic hydroxyl groups is 1. The zero-order valence-electron chi connectivity index (χ0n) is 8.16. The normalized spacial score (nSPS) is 34.2. The molecule has 0 radical (unpaired) electrons. The van der Waals surface area contributed by atoms with Crippen LogP contribution in [0, 0.1) is 0 Å². The van der Waals surface area contributed by atoms with Crippen molar-refractivity contribution in [2.24, 2.45) is 5.73 Å². The van der Waals surface area contributed by atoms with Gasteiger partial charge >= 0.3 is 0 Å². The van der Waals surface area contributed by atoms with Gasteiger partial charge in [0, 0.05) is 11.5 Å². The van der Waals surface area contributed by atoms with E-state index in [1.807, 2.05) is 6.07 Å². The first kappa shape index (κ1) is 8.30. The van der Waals surface area contributed by atoms with Gasteiger partial charge in [0.05, 0.1) is 0 Å². The van der Waals surface area contributed by atoms with E-state index in [9.17, 15) is 5.11 Å². The van der Waals surface area contributed by atoms with E-state index in [1.165, 1.54) is 24.0 Å². The number of fused-ring (bicyclic) bond motifs is 2. The zero-order valence-corrected chi connectivity index (χ0v) is 8.16. The molecule has 1 aromatic rings. The Hall–Kier alpha value is -1.02. The van der Waals surface area contributed by atoms with Crippen LogP contribution in [0.5, 0.6) is 5.75 Å². The van der Waals surface area contributed by atoms with Crippen molar-refractivity contribution < 1.29 is 5.11 Å². The Bertz CT molecular complexity index is 388. The summed E-state index contributed by atoms with van der Waals surface area (Å²) in [5.41, 5.74) is 8.95. The lowest BCUT2D eigenvalue weighted by molar-refractivity contribution is 0.466. The molecule has 0 aliphatic heterocycles. The maximum Gasteiger partial charge on any atom is 0.115 e. The average Bonchev–Trinajstić information content (AvgIpc) is 2.80. The maximum atomic E-state index is 9.49. The smallest absolute Gasteiger partial charge is 0.115 e. The Kier molecular flexibility index (Phi) is 1.49. The molecular formula is C12H15NO. The first-order valence-electron chi connectivity index (χ1n) is 5.30. The van der Waals surface area contributed by atoms with E-state index in [-0.39, 0.29) is 5.41 Å². The minimum absolute atomic E-state index is 0.228. The number of phenolic OH excluding ortho intramolecular Hbond substituents is 1. The molecule has 0 heterocycles. The van der Waals surface area contributed by atoms with Gasteiger partial charge in [-0.25, -0.2) is 0 Å². The molecule has 1 aromatic carbocycles. The molecule has 2 aliphatic rings. The van der Waals surface area contributed by atoms with Crippen LogP contribution >= 0.6 is 0 Å². The maximum absolute atomic E-state index is 9.49. The number of hydrogen-bond donors (Lipinski definition) is 2. The number of nitrogens with two attached hydrogens (primary N) is 1. The third-order valence-electron chi connectivity index (χ3n) is 3.83. The Balaban J connectivity index is 2.14. The van der Waals surface area contributed by atoms with Crippen LogP contribution < -0.4 is 5.73 Å². The summed E-state index contributed by atoms with van der Waals surface area (Å²) in [6.45, 7) is 0. The van der Waals surface area contributed by atoms with Gasteiger partial charge in [-0.05, 0) is 48.9 Å². The summed E-state index contributed by atoms with van der Waals surface area (Å²) >= 11 is 0. The highest BCUT2D eigenvalue weighted by molar-refractivity contribution is 5.47. The minimum atomic E-state index is 0.228. The van der Waals surface area contributed by atoms with E-state index < -0.39 is 0 Å². The quantitative estimate of drug-likeness (QED) is 0.652. The minimum Gasteiger partial charge on any atom is -0.508 e. The molecule has 2 aliphatic carbocycles. The van der Waals surface area contributed by atoms with Crippen LogP contribution in [0.3, 0.4) is 0 Å². The molecule has 3 rings (SSSR count). The number of benzene rings is 1. The first-order chi connectivity index (χ1) is 6.72. The molecule has 0 bridgehead atoms. The van der Waals surface area contributed by atoms with Crippen LogP contribution in [0.25, 0.3) is 0 Å². The zero-order chi connectivity index (χ0) is 9.76. The molecule has 74 valence electrons. The molecule has 0 saturated heterocycles. The molecule has 0 amide bonds. The summed E-state index contributed by atoms with van der Waals surface area (Å²) in [6, 6.07) is 6.08. The largest absolute Gasteiger partial charge is 0.508 e. The number of hydrogen-bond acceptors (Lipinski definition) is 2. The second kappa shape index (κ2) is 2.51. The fraction of sp³-hybridized carbons (Fsp3) is 0.500. The number of rotatable bonds is 0. The van der Waals surface area contributed by atoms with Gasteiger partial charge in [-0.1, -0.05) is 6.07 Å². The average molecular weight is 189 g/mol. The summed E-state index contributed by atoms with van der Waals surface area (Å²) < 4.78 is 0. The molecule has 1 fully saturated rings. The van der Waals surface area contributed by atoms with Gasteiger partial charge in [-0.3, -0.25) is 0 Å². The molecule has 0 aromatic heterocycles. The van der Waals surface area contributed by atoms with Crippen molar-refractivity contribution in [1.82, 2.24) is 0 Å². The molecule has 2 atom stereocenters. The molecule has 1 spiro atoms. The summed E-state index contributed by atoms with van der Waals surface area (Å²) in [4.78, 5) is 0. The molecule has 14 heavy (non-hydrogen) atoms. The summed E-state index contributed by atoms with van der Waals surface area (Å²) in [5.74, 6) is 0.379. The van der Waals surface area contributed by atoms with E-state index in [4.69, 9.17) is 5.73 Å². The topological polar surface area (TPSA) is 46.2 Å². The summed E-state index contributed by atoms with van der Waals surface area (Å²) in [7, 11) is 0. The van der Waals surface area contributed by atoms with Crippen molar-refractivity contribution in [3.8, 4) is 5.75 Å². The van der Waals surface area contributed by atoms with Crippen LogP contribution in [0.15, 0.2) is 18.2 Å². The Labute approximate surface area is 83.7 Å². The summed E-state index contributed by atoms with van der Waals surface area (Å²) in [6.07, 6.45) is 4.68. The highest BCUT2D eigenvalue weighted by Crippen LogP contribution is 2.54. The third kappa shape index (κ3) is 0.947. The van der Waals surface area contributed by atoms with Crippen molar-refractivity contribution in [2.75, 3.05) is 0 Å². The van der Waals surface area contributed by atoms with Gasteiger partial charge in [-0.15, -0.1) is 0 Å². The fourth-order valence-electron chi connectivity index (χ4n) is 2.91. The van der Waals surface area contributed by atoms with Gasteiger partial charge in [0.25, 0.3) is 0 Å². The molecule has 2 heteroatoms. The van der Waals surface area contributed by atoms with Crippen LogP contribution in [0.2, 0.25) is 0 Å². The predicted molar refractivity (Wildman–Crippen MR) is 55.3 cm³/mol. The van der Waals surface area contributed by atoms with Gasteiger partial charge in [0.15, 0.2) is 0 Å². The highest BCUT2D eigenvalue weighted by Gasteiger charge is 2.54. The lowest BCUT2D eigenvalue weighted by atomic mass is 9.79. The predicted octanol–water partition coefficient (Wildman–Crippen LogP) is 1.70. The van der Waals surface area contributed by atoms with Crippen molar-refractivity contribution in [3.05, 3.63) is 29.3 Å². The van der Waals surface area contributed by atoms with Crippen LogP contribution in [-0.4, -0.2) is 11.1 Å². The monoisotopic (exact) mass is 189 g/mol. The molecular weight excluding hydrogens is 174 g/mol. The van der Waals surface area contributed by atoms with Crippen molar-refractivity contribution in [2.45, 2.75) is 37.1 Å². The molecule has 1 saturated carbocycles. The summed E-state index contributed by atoms with van der Waals surface area (Å²) in [5, 5.41) is 9.49. The van der Waals surface area contributed by atoms with Gasteiger partial charge < -0.3 is 10.8 Å². The second-order valence-electron chi connectivity index (χ2n) is 4.66. The lowest BCUT2D eigenvalue weighted by Gasteiger charge is -2.26.